The molecule has 0 heterocycles. The topological polar surface area (TPSA) is 26.0 Å². The zero-order chi connectivity index (χ0) is 10.6. The normalized spacial score (nSPS) is 37.8. The highest BCUT2D eigenvalue weighted by molar-refractivity contribution is 6.42. The second-order valence-electron chi connectivity index (χ2n) is 4.89. The highest BCUT2D eigenvalue weighted by Crippen LogP contribution is 2.64. The second kappa shape index (κ2) is 3.13. The van der Waals surface area contributed by atoms with Crippen molar-refractivity contribution in [1.29, 1.82) is 0 Å². The van der Waals surface area contributed by atoms with E-state index in [4.69, 9.17) is 28.9 Å². The molecule has 2 fully saturated rings. The van der Waals surface area contributed by atoms with Crippen molar-refractivity contribution in [3.8, 4) is 0 Å². The van der Waals surface area contributed by atoms with Gasteiger partial charge < -0.3 is 5.73 Å². The van der Waals surface area contributed by atoms with Gasteiger partial charge in [-0.05, 0) is 42.9 Å². The fourth-order valence-corrected chi connectivity index (χ4v) is 3.43. The minimum absolute atomic E-state index is 0.341. The average Bonchev–Trinajstić information content (AvgIpc) is 2.75. The van der Waals surface area contributed by atoms with Gasteiger partial charge in [-0.25, -0.2) is 0 Å². The van der Waals surface area contributed by atoms with Crippen LogP contribution in [0.5, 0.6) is 0 Å². The third kappa shape index (κ3) is 1.41. The van der Waals surface area contributed by atoms with E-state index in [1.54, 1.807) is 0 Å². The Morgan fingerprint density at radius 3 is 2.60 bits per heavy atom. The van der Waals surface area contributed by atoms with Gasteiger partial charge in [0.05, 0.1) is 10.0 Å². The predicted molar refractivity (Wildman–Crippen MR) is 63.5 cm³/mol. The quantitative estimate of drug-likeness (QED) is 0.802. The Morgan fingerprint density at radius 2 is 2.00 bits per heavy atom. The van der Waals surface area contributed by atoms with Crippen molar-refractivity contribution in [3.63, 3.8) is 0 Å². The molecule has 1 nitrogen and oxygen atoms in total. The van der Waals surface area contributed by atoms with Gasteiger partial charge in [-0.2, -0.15) is 0 Å². The molecule has 80 valence electrons. The summed E-state index contributed by atoms with van der Waals surface area (Å²) in [6, 6.07) is 6.39. The van der Waals surface area contributed by atoms with Gasteiger partial charge in [-0.15, -0.1) is 0 Å². The first-order chi connectivity index (χ1) is 7.12. The molecule has 0 bridgehead atoms. The number of hydrogen-bond donors (Lipinski definition) is 1. The van der Waals surface area contributed by atoms with E-state index in [0.717, 1.165) is 12.3 Å². The third-order valence-corrected chi connectivity index (χ3v) is 4.68. The molecule has 3 heteroatoms. The van der Waals surface area contributed by atoms with Crippen LogP contribution in [0.2, 0.25) is 10.0 Å². The zero-order valence-electron chi connectivity index (χ0n) is 8.34. The number of benzene rings is 1. The highest BCUT2D eigenvalue weighted by atomic mass is 35.5. The Morgan fingerprint density at radius 1 is 1.20 bits per heavy atom. The van der Waals surface area contributed by atoms with Crippen LogP contribution in [0.25, 0.3) is 0 Å². The summed E-state index contributed by atoms with van der Waals surface area (Å²) in [5.74, 6) is 0.782. The maximum absolute atomic E-state index is 6.05. The van der Waals surface area contributed by atoms with Gasteiger partial charge >= 0.3 is 0 Å². The molecule has 3 atom stereocenters. The summed E-state index contributed by atoms with van der Waals surface area (Å²) in [4.78, 5) is 0. The van der Waals surface area contributed by atoms with E-state index in [-0.39, 0.29) is 0 Å². The van der Waals surface area contributed by atoms with Gasteiger partial charge in [-0.3, -0.25) is 0 Å². The second-order valence-corrected chi connectivity index (χ2v) is 5.70. The number of hydrogen-bond acceptors (Lipinski definition) is 1. The highest BCUT2D eigenvalue weighted by Gasteiger charge is 2.60. The van der Waals surface area contributed by atoms with E-state index >= 15 is 0 Å². The molecule has 15 heavy (non-hydrogen) atoms. The summed E-state index contributed by atoms with van der Waals surface area (Å²) in [6.45, 7) is 0. The van der Waals surface area contributed by atoms with Crippen LogP contribution in [0.4, 0.5) is 0 Å². The van der Waals surface area contributed by atoms with Gasteiger partial charge in [0.2, 0.25) is 0 Å². The van der Waals surface area contributed by atoms with Crippen LogP contribution >= 0.6 is 23.2 Å². The lowest BCUT2D eigenvalue weighted by Gasteiger charge is -2.15. The Balaban J connectivity index is 1.97. The Hall–Kier alpha value is -0.240. The molecule has 1 aromatic carbocycles. The number of rotatable bonds is 1. The molecular weight excluding hydrogens is 229 g/mol. The molecule has 2 saturated carbocycles. The monoisotopic (exact) mass is 241 g/mol. The van der Waals surface area contributed by atoms with E-state index in [0.29, 0.717) is 21.5 Å². The van der Waals surface area contributed by atoms with Gasteiger partial charge in [0.1, 0.15) is 0 Å². The standard InChI is InChI=1S/C12H13Cl2N/c13-10-2-1-7(4-11(10)14)12-5-8(12)3-9(15)6-12/h1-2,4,8-9H,3,5-6,15H2/t8?,9-,12-/m0/s1. The van der Waals surface area contributed by atoms with Crippen molar-refractivity contribution in [3.05, 3.63) is 33.8 Å². The van der Waals surface area contributed by atoms with E-state index in [2.05, 4.69) is 6.07 Å². The number of halogens is 2. The molecule has 0 aromatic heterocycles. The van der Waals surface area contributed by atoms with E-state index in [1.165, 1.54) is 18.4 Å². The minimum atomic E-state index is 0.341. The molecule has 0 spiro atoms. The summed E-state index contributed by atoms with van der Waals surface area (Å²) in [7, 11) is 0. The lowest BCUT2D eigenvalue weighted by atomic mass is 9.92. The first kappa shape index (κ1) is 9.95. The summed E-state index contributed by atoms with van der Waals surface area (Å²) in [6.07, 6.45) is 3.55. The first-order valence-electron chi connectivity index (χ1n) is 5.33. The Labute approximate surface area is 99.6 Å². The fourth-order valence-electron chi connectivity index (χ4n) is 3.13. The van der Waals surface area contributed by atoms with Crippen LogP contribution < -0.4 is 5.73 Å². The molecule has 2 aliphatic rings. The van der Waals surface area contributed by atoms with Crippen LogP contribution in [-0.4, -0.2) is 6.04 Å². The van der Waals surface area contributed by atoms with Crippen molar-refractivity contribution in [2.24, 2.45) is 11.7 Å². The van der Waals surface area contributed by atoms with Crippen molar-refractivity contribution in [2.75, 3.05) is 0 Å². The lowest BCUT2D eigenvalue weighted by Crippen LogP contribution is -2.20. The zero-order valence-corrected chi connectivity index (χ0v) is 9.85. The largest absolute Gasteiger partial charge is 0.328 e. The molecule has 1 aromatic rings. The van der Waals surface area contributed by atoms with Gasteiger partial charge in [-0.1, -0.05) is 29.3 Å². The van der Waals surface area contributed by atoms with Gasteiger partial charge in [0.15, 0.2) is 0 Å². The Kier molecular flexibility index (Phi) is 2.08. The van der Waals surface area contributed by atoms with Gasteiger partial charge in [0.25, 0.3) is 0 Å². The molecule has 0 saturated heterocycles. The van der Waals surface area contributed by atoms with Crippen LogP contribution in [0.3, 0.4) is 0 Å². The molecule has 2 N–H and O–H groups in total. The maximum atomic E-state index is 6.05. The maximum Gasteiger partial charge on any atom is 0.0595 e. The molecule has 0 aliphatic heterocycles. The molecule has 3 rings (SSSR count). The van der Waals surface area contributed by atoms with Crippen LogP contribution in [0.15, 0.2) is 18.2 Å². The first-order valence-corrected chi connectivity index (χ1v) is 6.08. The molecule has 0 radical (unpaired) electrons. The average molecular weight is 242 g/mol. The molecule has 2 aliphatic carbocycles. The lowest BCUT2D eigenvalue weighted by molar-refractivity contribution is 0.583. The van der Waals surface area contributed by atoms with E-state index in [9.17, 15) is 0 Å². The summed E-state index contributed by atoms with van der Waals surface area (Å²) in [5.41, 5.74) is 7.66. The van der Waals surface area contributed by atoms with Crippen molar-refractivity contribution in [1.82, 2.24) is 0 Å². The SMILES string of the molecule is N[C@H]1CC2C[C@@]2(c2ccc(Cl)c(Cl)c2)C1. The van der Waals surface area contributed by atoms with Crippen LogP contribution in [0, 0.1) is 5.92 Å². The minimum Gasteiger partial charge on any atom is -0.328 e. The van der Waals surface area contributed by atoms with Crippen molar-refractivity contribution in [2.45, 2.75) is 30.7 Å². The van der Waals surface area contributed by atoms with E-state index < -0.39 is 0 Å². The van der Waals surface area contributed by atoms with Crippen molar-refractivity contribution < 1.29 is 0 Å². The van der Waals surface area contributed by atoms with E-state index in [1.807, 2.05) is 12.1 Å². The van der Waals surface area contributed by atoms with Crippen LogP contribution in [0.1, 0.15) is 24.8 Å². The number of nitrogens with two attached hydrogens (primary N) is 1. The third-order valence-electron chi connectivity index (χ3n) is 3.94. The van der Waals surface area contributed by atoms with Gasteiger partial charge in [0, 0.05) is 11.5 Å². The fraction of sp³-hybridized carbons (Fsp3) is 0.500. The van der Waals surface area contributed by atoms with Crippen molar-refractivity contribution >= 4 is 23.2 Å². The van der Waals surface area contributed by atoms with Crippen LogP contribution in [-0.2, 0) is 5.41 Å². The number of fused-ring (bicyclic) bond motifs is 1. The summed E-state index contributed by atoms with van der Waals surface area (Å²) >= 11 is 12.0. The Bertz CT molecular complexity index is 418. The molecule has 0 amide bonds. The summed E-state index contributed by atoms with van der Waals surface area (Å²) in [5, 5.41) is 1.30. The smallest absolute Gasteiger partial charge is 0.0595 e. The molecular formula is C12H13Cl2N. The molecule has 1 unspecified atom stereocenters. The summed E-state index contributed by atoms with van der Waals surface area (Å²) < 4.78 is 0. The predicted octanol–water partition coefficient (Wildman–Crippen LogP) is 3.37.